The largest absolute Gasteiger partial charge is 0.233 e. The first-order valence-corrected chi connectivity index (χ1v) is 5.75. The van der Waals surface area contributed by atoms with Crippen LogP contribution in [-0.2, 0) is 0 Å². The molecule has 0 unspecified atom stereocenters. The van der Waals surface area contributed by atoms with Crippen LogP contribution in [0.4, 0.5) is 4.39 Å². The summed E-state index contributed by atoms with van der Waals surface area (Å²) >= 11 is 14.6. The number of rotatable bonds is 1. The fourth-order valence-corrected chi connectivity index (χ4v) is 2.05. The number of benzene rings is 1. The van der Waals surface area contributed by atoms with Crippen LogP contribution < -0.4 is 0 Å². The van der Waals surface area contributed by atoms with Crippen LogP contribution in [0.25, 0.3) is 11.3 Å². The number of aromatic nitrogens is 2. The second kappa shape index (κ2) is 4.65. The van der Waals surface area contributed by atoms with Gasteiger partial charge in [0, 0.05) is 15.6 Å². The Labute approximate surface area is 110 Å². The predicted octanol–water partition coefficient (Wildman–Crippen LogP) is 4.35. The Morgan fingerprint density at radius 2 is 1.69 bits per heavy atom. The average Bonchev–Trinajstić information content (AvgIpc) is 2.20. The Morgan fingerprint density at radius 1 is 1.06 bits per heavy atom. The van der Waals surface area contributed by atoms with Crippen LogP contribution in [0.1, 0.15) is 0 Å². The van der Waals surface area contributed by atoms with E-state index in [9.17, 15) is 4.39 Å². The lowest BCUT2D eigenvalue weighted by atomic mass is 10.1. The monoisotopic (exact) mass is 320 g/mol. The van der Waals surface area contributed by atoms with E-state index >= 15 is 0 Å². The van der Waals surface area contributed by atoms with Crippen molar-refractivity contribution in [2.45, 2.75) is 0 Å². The van der Waals surface area contributed by atoms with Gasteiger partial charge in [-0.05, 0) is 34.1 Å². The Balaban J connectivity index is 2.63. The second-order valence-corrected chi connectivity index (χ2v) is 4.61. The van der Waals surface area contributed by atoms with Crippen molar-refractivity contribution in [2.75, 3.05) is 0 Å². The molecule has 0 N–H and O–H groups in total. The van der Waals surface area contributed by atoms with Crippen LogP contribution >= 0.6 is 39.1 Å². The molecule has 2 rings (SSSR count). The third-order valence-corrected chi connectivity index (χ3v) is 2.87. The fraction of sp³-hybridized carbons (Fsp3) is 0. The summed E-state index contributed by atoms with van der Waals surface area (Å²) in [6.45, 7) is 0. The van der Waals surface area contributed by atoms with Crippen LogP contribution in [0.3, 0.4) is 0 Å². The van der Waals surface area contributed by atoms with Crippen molar-refractivity contribution in [3.8, 4) is 11.3 Å². The maximum Gasteiger partial charge on any atom is 0.182 e. The number of nitrogens with zero attached hydrogens (tertiary/aromatic N) is 2. The van der Waals surface area contributed by atoms with Crippen molar-refractivity contribution < 1.29 is 4.39 Å². The minimum Gasteiger partial charge on any atom is -0.233 e. The van der Waals surface area contributed by atoms with Gasteiger partial charge in [-0.2, -0.15) is 0 Å². The minimum atomic E-state index is -0.541. The summed E-state index contributed by atoms with van der Waals surface area (Å²) in [5.41, 5.74) is 0.671. The molecule has 0 saturated heterocycles. The van der Waals surface area contributed by atoms with E-state index in [1.807, 2.05) is 0 Å². The van der Waals surface area contributed by atoms with Crippen molar-refractivity contribution >= 4 is 39.1 Å². The van der Waals surface area contributed by atoms with Crippen molar-refractivity contribution in [3.63, 3.8) is 0 Å². The summed E-state index contributed by atoms with van der Waals surface area (Å²) in [6.07, 6.45) is 1.26. The lowest BCUT2D eigenvalue weighted by Crippen LogP contribution is -1.93. The fourth-order valence-electron chi connectivity index (χ4n) is 1.24. The zero-order chi connectivity index (χ0) is 11.7. The zero-order valence-corrected chi connectivity index (χ0v) is 10.8. The van der Waals surface area contributed by atoms with Gasteiger partial charge in [0.2, 0.25) is 0 Å². The maximum absolute atomic E-state index is 13.7. The average molecular weight is 322 g/mol. The molecule has 0 aliphatic heterocycles. The Bertz CT molecular complexity index is 528. The summed E-state index contributed by atoms with van der Waals surface area (Å²) < 4.78 is 13.8. The topological polar surface area (TPSA) is 25.8 Å². The quantitative estimate of drug-likeness (QED) is 0.730. The number of hydrogen-bond donors (Lipinski definition) is 0. The predicted molar refractivity (Wildman–Crippen MR) is 65.1 cm³/mol. The maximum atomic E-state index is 13.7. The molecule has 1 heterocycles. The summed E-state index contributed by atoms with van der Waals surface area (Å²) in [4.78, 5) is 7.53. The third kappa shape index (κ3) is 2.34. The van der Waals surface area contributed by atoms with E-state index in [0.717, 1.165) is 0 Å². The zero-order valence-electron chi connectivity index (χ0n) is 7.72. The van der Waals surface area contributed by atoms with Gasteiger partial charge in [0.05, 0.1) is 0 Å². The van der Waals surface area contributed by atoms with Crippen LogP contribution in [0, 0.1) is 5.82 Å². The molecular weight excluding hydrogens is 318 g/mol. The number of halogens is 4. The molecule has 0 aliphatic rings. The first kappa shape index (κ1) is 11.8. The molecule has 0 amide bonds. The molecule has 0 bridgehead atoms. The summed E-state index contributed by atoms with van der Waals surface area (Å²) in [5.74, 6) is -0.541. The van der Waals surface area contributed by atoms with Gasteiger partial charge in [0.15, 0.2) is 5.82 Å². The SMILES string of the molecule is Fc1c(Br)ncnc1-c1cc(Cl)cc(Cl)c1. The molecule has 2 aromatic rings. The minimum absolute atomic E-state index is 0.105. The molecule has 0 aliphatic carbocycles. The van der Waals surface area contributed by atoms with Crippen molar-refractivity contribution in [2.24, 2.45) is 0 Å². The Hall–Kier alpha value is -0.710. The highest BCUT2D eigenvalue weighted by Gasteiger charge is 2.12. The molecule has 0 radical (unpaired) electrons. The highest BCUT2D eigenvalue weighted by molar-refractivity contribution is 9.10. The second-order valence-electron chi connectivity index (χ2n) is 2.99. The normalized spacial score (nSPS) is 10.5. The van der Waals surface area contributed by atoms with Gasteiger partial charge in [0.1, 0.15) is 16.6 Å². The number of hydrogen-bond acceptors (Lipinski definition) is 2. The highest BCUT2D eigenvalue weighted by Crippen LogP contribution is 2.29. The lowest BCUT2D eigenvalue weighted by Gasteiger charge is -2.04. The molecule has 0 spiro atoms. The van der Waals surface area contributed by atoms with E-state index in [0.29, 0.717) is 15.6 Å². The van der Waals surface area contributed by atoms with Crippen LogP contribution in [0.2, 0.25) is 10.0 Å². The molecule has 1 aromatic carbocycles. The molecule has 16 heavy (non-hydrogen) atoms. The Morgan fingerprint density at radius 3 is 2.31 bits per heavy atom. The van der Waals surface area contributed by atoms with E-state index in [-0.39, 0.29) is 10.3 Å². The molecule has 82 valence electrons. The standard InChI is InChI=1S/C10H4BrCl2FN2/c11-10-8(14)9(15-4-16-10)5-1-6(12)3-7(13)2-5/h1-4H. The van der Waals surface area contributed by atoms with Gasteiger partial charge in [0.25, 0.3) is 0 Å². The summed E-state index contributed by atoms with van der Waals surface area (Å²) in [7, 11) is 0. The van der Waals surface area contributed by atoms with E-state index < -0.39 is 5.82 Å². The van der Waals surface area contributed by atoms with E-state index in [1.54, 1.807) is 18.2 Å². The van der Waals surface area contributed by atoms with Gasteiger partial charge in [-0.25, -0.2) is 14.4 Å². The summed E-state index contributed by atoms with van der Waals surface area (Å²) in [5, 5.41) is 0.855. The van der Waals surface area contributed by atoms with Gasteiger partial charge >= 0.3 is 0 Å². The van der Waals surface area contributed by atoms with Crippen molar-refractivity contribution in [3.05, 3.63) is 45.0 Å². The van der Waals surface area contributed by atoms with Crippen LogP contribution in [-0.4, -0.2) is 9.97 Å². The molecule has 6 heteroatoms. The van der Waals surface area contributed by atoms with Crippen LogP contribution in [0.5, 0.6) is 0 Å². The third-order valence-electron chi connectivity index (χ3n) is 1.88. The molecule has 1 aromatic heterocycles. The van der Waals surface area contributed by atoms with Crippen LogP contribution in [0.15, 0.2) is 29.1 Å². The van der Waals surface area contributed by atoms with Gasteiger partial charge < -0.3 is 0 Å². The molecular formula is C10H4BrCl2FN2. The first-order chi connectivity index (χ1) is 7.58. The van der Waals surface area contributed by atoms with Gasteiger partial charge in [-0.3, -0.25) is 0 Å². The smallest absolute Gasteiger partial charge is 0.182 e. The van der Waals surface area contributed by atoms with E-state index in [1.165, 1.54) is 6.33 Å². The van der Waals surface area contributed by atoms with Gasteiger partial charge in [-0.1, -0.05) is 23.2 Å². The van der Waals surface area contributed by atoms with E-state index in [2.05, 4.69) is 25.9 Å². The van der Waals surface area contributed by atoms with E-state index in [4.69, 9.17) is 23.2 Å². The van der Waals surface area contributed by atoms with Gasteiger partial charge in [-0.15, -0.1) is 0 Å². The Kier molecular flexibility index (Phi) is 3.42. The molecule has 0 atom stereocenters. The molecule has 0 fully saturated rings. The summed E-state index contributed by atoms with van der Waals surface area (Å²) in [6, 6.07) is 4.75. The molecule has 0 saturated carbocycles. The van der Waals surface area contributed by atoms with Crippen molar-refractivity contribution in [1.29, 1.82) is 0 Å². The molecule has 2 nitrogen and oxygen atoms in total. The highest BCUT2D eigenvalue weighted by atomic mass is 79.9. The van der Waals surface area contributed by atoms with Crippen molar-refractivity contribution in [1.82, 2.24) is 9.97 Å². The lowest BCUT2D eigenvalue weighted by molar-refractivity contribution is 0.609. The first-order valence-electron chi connectivity index (χ1n) is 4.20.